The van der Waals surface area contributed by atoms with Gasteiger partial charge in [-0.25, -0.2) is 0 Å². The molecule has 2 aromatic heterocycles. The normalized spacial score (nSPS) is 10.6. The molecule has 2 heterocycles. The third-order valence-electron chi connectivity index (χ3n) is 2.52. The Morgan fingerprint density at radius 1 is 1.31 bits per heavy atom. The molecule has 0 atom stereocenters. The van der Waals surface area contributed by atoms with Crippen molar-refractivity contribution in [1.29, 1.82) is 0 Å². The van der Waals surface area contributed by atoms with Crippen LogP contribution < -0.4 is 0 Å². The van der Waals surface area contributed by atoms with Crippen LogP contribution in [0.1, 0.15) is 24.7 Å². The molecule has 0 amide bonds. The van der Waals surface area contributed by atoms with Crippen LogP contribution in [-0.4, -0.2) is 19.7 Å². The van der Waals surface area contributed by atoms with E-state index in [0.29, 0.717) is 0 Å². The van der Waals surface area contributed by atoms with Crippen LogP contribution in [0.5, 0.6) is 0 Å². The number of aryl methyl sites for hydroxylation is 3. The number of pyridine rings is 1. The summed E-state index contributed by atoms with van der Waals surface area (Å²) in [5.74, 6) is 1.06. The summed E-state index contributed by atoms with van der Waals surface area (Å²) in [5.41, 5.74) is 1.24. The van der Waals surface area contributed by atoms with E-state index in [4.69, 9.17) is 0 Å². The first-order valence-corrected chi connectivity index (χ1v) is 5.65. The molecule has 0 fully saturated rings. The summed E-state index contributed by atoms with van der Waals surface area (Å²) in [7, 11) is 0. The van der Waals surface area contributed by atoms with E-state index in [-0.39, 0.29) is 0 Å². The summed E-state index contributed by atoms with van der Waals surface area (Å²) in [5, 5.41) is 8.09. The van der Waals surface area contributed by atoms with Gasteiger partial charge < -0.3 is 4.57 Å². The van der Waals surface area contributed by atoms with E-state index in [1.807, 2.05) is 18.6 Å². The zero-order chi connectivity index (χ0) is 11.2. The van der Waals surface area contributed by atoms with Crippen molar-refractivity contribution in [3.05, 3.63) is 42.2 Å². The molecule has 0 saturated heterocycles. The molecule has 0 unspecified atom stereocenters. The molecule has 2 aromatic rings. The Morgan fingerprint density at radius 3 is 3.00 bits per heavy atom. The van der Waals surface area contributed by atoms with Crippen LogP contribution in [0.3, 0.4) is 0 Å². The second-order valence-corrected chi connectivity index (χ2v) is 3.80. The van der Waals surface area contributed by atoms with Gasteiger partial charge >= 0.3 is 0 Å². The zero-order valence-electron chi connectivity index (χ0n) is 9.50. The minimum Gasteiger partial charge on any atom is -0.318 e. The third-order valence-corrected chi connectivity index (χ3v) is 2.52. The Morgan fingerprint density at radius 2 is 2.25 bits per heavy atom. The molecule has 0 aliphatic carbocycles. The monoisotopic (exact) mass is 216 g/mol. The standard InChI is InChI=1S/C12H16N4/c1-2-8-16-10-14-15-12(16)6-5-11-4-3-7-13-9-11/h3-4,7,9-10H,2,5-6,8H2,1H3. The van der Waals surface area contributed by atoms with Gasteiger partial charge in [-0.1, -0.05) is 13.0 Å². The maximum Gasteiger partial charge on any atom is 0.133 e. The van der Waals surface area contributed by atoms with Gasteiger partial charge in [0.25, 0.3) is 0 Å². The van der Waals surface area contributed by atoms with E-state index in [0.717, 1.165) is 31.6 Å². The number of hydrogen-bond donors (Lipinski definition) is 0. The molecular formula is C12H16N4. The molecule has 0 saturated carbocycles. The van der Waals surface area contributed by atoms with Crippen LogP contribution in [0, 0.1) is 0 Å². The third kappa shape index (κ3) is 2.66. The smallest absolute Gasteiger partial charge is 0.133 e. The lowest BCUT2D eigenvalue weighted by Gasteiger charge is -2.04. The average molecular weight is 216 g/mol. The highest BCUT2D eigenvalue weighted by Crippen LogP contribution is 2.04. The molecule has 0 radical (unpaired) electrons. The van der Waals surface area contributed by atoms with Crippen molar-refractivity contribution in [3.63, 3.8) is 0 Å². The van der Waals surface area contributed by atoms with Crippen LogP contribution in [0.4, 0.5) is 0 Å². The average Bonchev–Trinajstić information content (AvgIpc) is 2.76. The largest absolute Gasteiger partial charge is 0.318 e. The van der Waals surface area contributed by atoms with Gasteiger partial charge in [-0.2, -0.15) is 0 Å². The highest BCUT2D eigenvalue weighted by molar-refractivity contribution is 5.09. The maximum absolute atomic E-state index is 4.14. The molecule has 0 N–H and O–H groups in total. The van der Waals surface area contributed by atoms with Gasteiger partial charge in [0.2, 0.25) is 0 Å². The van der Waals surface area contributed by atoms with E-state index in [2.05, 4.69) is 32.7 Å². The van der Waals surface area contributed by atoms with Crippen molar-refractivity contribution >= 4 is 0 Å². The van der Waals surface area contributed by atoms with Gasteiger partial charge in [0.05, 0.1) is 0 Å². The minimum atomic E-state index is 0.922. The fourth-order valence-corrected chi connectivity index (χ4v) is 1.70. The first-order chi connectivity index (χ1) is 7.90. The van der Waals surface area contributed by atoms with Gasteiger partial charge in [-0.15, -0.1) is 10.2 Å². The Balaban J connectivity index is 1.97. The molecule has 16 heavy (non-hydrogen) atoms. The summed E-state index contributed by atoms with van der Waals surface area (Å²) in [6.07, 6.45) is 8.51. The zero-order valence-corrected chi connectivity index (χ0v) is 9.50. The number of nitrogens with zero attached hydrogens (tertiary/aromatic N) is 4. The Labute approximate surface area is 95.4 Å². The predicted molar refractivity (Wildman–Crippen MR) is 62.0 cm³/mol. The van der Waals surface area contributed by atoms with Gasteiger partial charge in [0.1, 0.15) is 12.2 Å². The first kappa shape index (κ1) is 10.8. The van der Waals surface area contributed by atoms with E-state index >= 15 is 0 Å². The van der Waals surface area contributed by atoms with Crippen molar-refractivity contribution in [2.24, 2.45) is 0 Å². The molecule has 2 rings (SSSR count). The van der Waals surface area contributed by atoms with Crippen molar-refractivity contribution in [3.8, 4) is 0 Å². The fraction of sp³-hybridized carbons (Fsp3) is 0.417. The number of hydrogen-bond acceptors (Lipinski definition) is 3. The molecular weight excluding hydrogens is 200 g/mol. The first-order valence-electron chi connectivity index (χ1n) is 5.65. The van der Waals surface area contributed by atoms with Crippen LogP contribution in [0.2, 0.25) is 0 Å². The molecule has 0 aliphatic rings. The highest BCUT2D eigenvalue weighted by atomic mass is 15.3. The molecule has 0 spiro atoms. The van der Waals surface area contributed by atoms with Crippen LogP contribution >= 0.6 is 0 Å². The molecule has 4 heteroatoms. The van der Waals surface area contributed by atoms with Gasteiger partial charge in [0.15, 0.2) is 0 Å². The Kier molecular flexibility index (Phi) is 3.64. The summed E-state index contributed by atoms with van der Waals surface area (Å²) >= 11 is 0. The fourth-order valence-electron chi connectivity index (χ4n) is 1.70. The number of rotatable bonds is 5. The van der Waals surface area contributed by atoms with E-state index in [1.54, 1.807) is 6.20 Å². The Hall–Kier alpha value is -1.71. The predicted octanol–water partition coefficient (Wildman–Crippen LogP) is 1.87. The van der Waals surface area contributed by atoms with Gasteiger partial charge in [-0.05, 0) is 24.5 Å². The quantitative estimate of drug-likeness (QED) is 0.766. The molecule has 84 valence electrons. The summed E-state index contributed by atoms with van der Waals surface area (Å²) < 4.78 is 2.12. The van der Waals surface area contributed by atoms with Gasteiger partial charge in [-0.3, -0.25) is 4.98 Å². The highest BCUT2D eigenvalue weighted by Gasteiger charge is 2.03. The van der Waals surface area contributed by atoms with Crippen LogP contribution in [0.15, 0.2) is 30.9 Å². The van der Waals surface area contributed by atoms with E-state index in [9.17, 15) is 0 Å². The van der Waals surface area contributed by atoms with Crippen LogP contribution in [0.25, 0.3) is 0 Å². The van der Waals surface area contributed by atoms with Crippen molar-refractivity contribution < 1.29 is 0 Å². The van der Waals surface area contributed by atoms with Crippen molar-refractivity contribution in [1.82, 2.24) is 19.7 Å². The van der Waals surface area contributed by atoms with Crippen molar-refractivity contribution in [2.45, 2.75) is 32.7 Å². The lowest BCUT2D eigenvalue weighted by atomic mass is 10.1. The summed E-state index contributed by atoms with van der Waals surface area (Å²) in [4.78, 5) is 4.10. The minimum absolute atomic E-state index is 0.922. The second kappa shape index (κ2) is 5.39. The second-order valence-electron chi connectivity index (χ2n) is 3.80. The van der Waals surface area contributed by atoms with E-state index < -0.39 is 0 Å². The molecule has 0 aliphatic heterocycles. The van der Waals surface area contributed by atoms with Gasteiger partial charge in [0, 0.05) is 25.4 Å². The lowest BCUT2D eigenvalue weighted by Crippen LogP contribution is -2.04. The summed E-state index contributed by atoms with van der Waals surface area (Å²) in [6, 6.07) is 4.06. The molecule has 0 aromatic carbocycles. The Bertz CT molecular complexity index is 422. The van der Waals surface area contributed by atoms with E-state index in [1.165, 1.54) is 5.56 Å². The number of aromatic nitrogens is 4. The molecule has 4 nitrogen and oxygen atoms in total. The SMILES string of the molecule is CCCn1cnnc1CCc1cccnc1. The summed E-state index contributed by atoms with van der Waals surface area (Å²) in [6.45, 7) is 3.15. The lowest BCUT2D eigenvalue weighted by molar-refractivity contribution is 0.633. The molecule has 0 bridgehead atoms. The maximum atomic E-state index is 4.14. The topological polar surface area (TPSA) is 43.6 Å². The van der Waals surface area contributed by atoms with Crippen molar-refractivity contribution in [2.75, 3.05) is 0 Å². The van der Waals surface area contributed by atoms with Crippen LogP contribution in [-0.2, 0) is 19.4 Å².